The summed E-state index contributed by atoms with van der Waals surface area (Å²) >= 11 is 3.57. The van der Waals surface area contributed by atoms with Crippen LogP contribution in [0.1, 0.15) is 32.1 Å². The predicted octanol–water partition coefficient (Wildman–Crippen LogP) is 4.66. The summed E-state index contributed by atoms with van der Waals surface area (Å²) in [6.45, 7) is 0. The van der Waals surface area contributed by atoms with E-state index in [1.807, 2.05) is 36.5 Å². The van der Waals surface area contributed by atoms with E-state index in [1.165, 1.54) is 32.1 Å². The second-order valence-corrected chi connectivity index (χ2v) is 7.22. The van der Waals surface area contributed by atoms with Gasteiger partial charge >= 0.3 is 17.1 Å². The first-order chi connectivity index (χ1) is 13.0. The zero-order chi connectivity index (χ0) is 19.2. The Balaban J connectivity index is 0.000000515. The molecule has 1 saturated carbocycles. The molecule has 3 aromatic heterocycles. The fourth-order valence-corrected chi connectivity index (χ4v) is 3.62. The van der Waals surface area contributed by atoms with Gasteiger partial charge in [0, 0.05) is 22.9 Å². The van der Waals surface area contributed by atoms with Crippen molar-refractivity contribution in [2.75, 3.05) is 5.32 Å². The van der Waals surface area contributed by atoms with Crippen LogP contribution in [0.3, 0.4) is 0 Å². The number of fused-ring (bicyclic) bond motifs is 1. The van der Waals surface area contributed by atoms with Crippen molar-refractivity contribution in [1.82, 2.24) is 14.4 Å². The van der Waals surface area contributed by atoms with Crippen LogP contribution in [0.2, 0.25) is 0 Å². The molecule has 1 fully saturated rings. The molecule has 0 bridgehead atoms. The largest absolute Gasteiger partial charge is 1.00 e. The van der Waals surface area contributed by atoms with E-state index in [2.05, 4.69) is 36.8 Å². The molecular formula is C18H19BrCuN5O3. The zero-order valence-corrected chi connectivity index (χ0v) is 17.4. The summed E-state index contributed by atoms with van der Waals surface area (Å²) in [5.41, 5.74) is 2.77. The molecule has 1 aliphatic rings. The van der Waals surface area contributed by atoms with Crippen molar-refractivity contribution in [1.29, 1.82) is 0 Å². The number of nitrogens with zero attached hydrogens (tertiary/aromatic N) is 4. The predicted molar refractivity (Wildman–Crippen MR) is 107 cm³/mol. The molecule has 28 heavy (non-hydrogen) atoms. The van der Waals surface area contributed by atoms with Gasteiger partial charge in [0.2, 0.25) is 0 Å². The number of imidazole rings is 1. The molecule has 4 rings (SSSR count). The van der Waals surface area contributed by atoms with Gasteiger partial charge in [0.05, 0.1) is 10.8 Å². The van der Waals surface area contributed by atoms with Gasteiger partial charge in [-0.1, -0.05) is 25.3 Å². The number of anilines is 1. The van der Waals surface area contributed by atoms with E-state index in [1.54, 1.807) is 0 Å². The van der Waals surface area contributed by atoms with Crippen molar-refractivity contribution in [3.8, 4) is 11.4 Å². The molecule has 0 radical (unpaired) electrons. The Bertz CT molecular complexity index is 912. The minimum atomic E-state index is -1.75. The number of aromatic nitrogens is 3. The molecule has 0 saturated heterocycles. The van der Waals surface area contributed by atoms with Crippen LogP contribution in [0.5, 0.6) is 0 Å². The standard InChI is InChI=1S/C18H19BrN4.Cu.NO3/c19-13-9-10-16-22-17(15-8-4-5-11-20-15)18(23(16)12-13)21-14-6-2-1-3-7-14;;2-1(3)4/h4-5,8-12,14,21H,1-3,6-7H2;;/q;+1;-1. The van der Waals surface area contributed by atoms with E-state index in [0.717, 1.165) is 27.3 Å². The van der Waals surface area contributed by atoms with Crippen LogP contribution in [0.15, 0.2) is 47.2 Å². The van der Waals surface area contributed by atoms with E-state index < -0.39 is 5.09 Å². The summed E-state index contributed by atoms with van der Waals surface area (Å²) in [5.74, 6) is 1.05. The summed E-state index contributed by atoms with van der Waals surface area (Å²) in [7, 11) is 0. The molecule has 152 valence electrons. The quantitative estimate of drug-likeness (QED) is 0.321. The number of pyridine rings is 2. The molecule has 0 unspecified atom stereocenters. The fraction of sp³-hybridized carbons (Fsp3) is 0.333. The van der Waals surface area contributed by atoms with Crippen LogP contribution in [-0.2, 0) is 17.1 Å². The molecule has 3 heterocycles. The Kier molecular flexibility index (Phi) is 8.22. The molecule has 10 heteroatoms. The first-order valence-corrected chi connectivity index (χ1v) is 9.51. The van der Waals surface area contributed by atoms with Crippen LogP contribution in [0, 0.1) is 15.3 Å². The van der Waals surface area contributed by atoms with Gasteiger partial charge in [-0.25, -0.2) is 4.98 Å². The van der Waals surface area contributed by atoms with Crippen molar-refractivity contribution in [3.05, 3.63) is 62.5 Å². The first kappa shape index (κ1) is 22.1. The van der Waals surface area contributed by atoms with Crippen LogP contribution in [0.25, 0.3) is 17.0 Å². The van der Waals surface area contributed by atoms with Gasteiger partial charge in [-0.3, -0.25) is 9.38 Å². The molecule has 1 aliphatic carbocycles. The minimum absolute atomic E-state index is 0. The van der Waals surface area contributed by atoms with Crippen molar-refractivity contribution in [3.63, 3.8) is 0 Å². The molecule has 8 nitrogen and oxygen atoms in total. The van der Waals surface area contributed by atoms with Crippen LogP contribution in [0.4, 0.5) is 5.82 Å². The number of hydrogen-bond acceptors (Lipinski definition) is 6. The summed E-state index contributed by atoms with van der Waals surface area (Å²) < 4.78 is 3.17. The van der Waals surface area contributed by atoms with Gasteiger partial charge in [-0.2, -0.15) is 0 Å². The second-order valence-electron chi connectivity index (χ2n) is 6.30. The summed E-state index contributed by atoms with van der Waals surface area (Å²) in [6, 6.07) is 10.5. The van der Waals surface area contributed by atoms with E-state index in [0.29, 0.717) is 6.04 Å². The molecule has 0 aliphatic heterocycles. The van der Waals surface area contributed by atoms with Crippen molar-refractivity contribution in [2.45, 2.75) is 38.1 Å². The third-order valence-corrected chi connectivity index (χ3v) is 4.91. The molecule has 0 spiro atoms. The number of nitrogens with one attached hydrogen (secondary N) is 1. The fourth-order valence-electron chi connectivity index (χ4n) is 3.28. The average molecular weight is 497 g/mol. The third kappa shape index (κ3) is 5.67. The normalized spacial score (nSPS) is 13.9. The van der Waals surface area contributed by atoms with Gasteiger partial charge in [0.25, 0.3) is 0 Å². The number of halogens is 1. The van der Waals surface area contributed by atoms with Gasteiger partial charge < -0.3 is 20.6 Å². The van der Waals surface area contributed by atoms with Gasteiger partial charge in [0.15, 0.2) is 0 Å². The van der Waals surface area contributed by atoms with Crippen LogP contribution >= 0.6 is 15.9 Å². The van der Waals surface area contributed by atoms with Crippen molar-refractivity contribution < 1.29 is 22.2 Å². The summed E-state index contributed by atoms with van der Waals surface area (Å²) in [4.78, 5) is 17.5. The Labute approximate surface area is 181 Å². The topological polar surface area (TPSA) is 108 Å². The monoisotopic (exact) mass is 495 g/mol. The maximum absolute atomic E-state index is 8.25. The van der Waals surface area contributed by atoms with E-state index >= 15 is 0 Å². The summed E-state index contributed by atoms with van der Waals surface area (Å²) in [5, 5.41) is 18.5. The average Bonchev–Trinajstić information content (AvgIpc) is 3.01. The van der Waals surface area contributed by atoms with Crippen molar-refractivity contribution in [2.24, 2.45) is 0 Å². The Morgan fingerprint density at radius 2 is 1.86 bits per heavy atom. The van der Waals surface area contributed by atoms with Crippen LogP contribution in [-0.4, -0.2) is 25.5 Å². The zero-order valence-electron chi connectivity index (χ0n) is 14.8. The van der Waals surface area contributed by atoms with Gasteiger partial charge in [-0.05, 0) is 53.0 Å². The third-order valence-electron chi connectivity index (χ3n) is 4.44. The van der Waals surface area contributed by atoms with Crippen LogP contribution < -0.4 is 5.32 Å². The Morgan fingerprint density at radius 1 is 1.14 bits per heavy atom. The minimum Gasteiger partial charge on any atom is -0.367 e. The van der Waals surface area contributed by atoms with E-state index in [-0.39, 0.29) is 17.1 Å². The maximum atomic E-state index is 8.25. The SMILES string of the molecule is Brc1ccc2nc(-c3ccccn3)c(NC3CCCCC3)n2c1.O=[N+]([O-])[O-].[Cu+]. The number of rotatable bonds is 3. The smallest absolute Gasteiger partial charge is 0.367 e. The Morgan fingerprint density at radius 3 is 2.50 bits per heavy atom. The molecule has 1 N–H and O–H groups in total. The van der Waals surface area contributed by atoms with E-state index in [9.17, 15) is 0 Å². The molecule has 0 amide bonds. The summed E-state index contributed by atoms with van der Waals surface area (Å²) in [6.07, 6.45) is 10.3. The van der Waals surface area contributed by atoms with Gasteiger partial charge in [0.1, 0.15) is 17.2 Å². The maximum Gasteiger partial charge on any atom is 1.00 e. The second kappa shape index (κ2) is 10.4. The van der Waals surface area contributed by atoms with Crippen molar-refractivity contribution >= 4 is 27.4 Å². The first-order valence-electron chi connectivity index (χ1n) is 8.71. The molecular weight excluding hydrogens is 478 g/mol. The van der Waals surface area contributed by atoms with E-state index in [4.69, 9.17) is 20.3 Å². The molecule has 3 aromatic rings. The number of hydrogen-bond donors (Lipinski definition) is 1. The van der Waals surface area contributed by atoms with Gasteiger partial charge in [-0.15, -0.1) is 0 Å². The Hall–Kier alpha value is -2.16. The molecule has 0 atom stereocenters. The molecule has 0 aromatic carbocycles.